The van der Waals surface area contributed by atoms with Crippen LogP contribution in [0.25, 0.3) is 5.57 Å². The summed E-state index contributed by atoms with van der Waals surface area (Å²) in [5.74, 6) is -0.252. The number of carbonyl (C=O) groups is 2. The summed E-state index contributed by atoms with van der Waals surface area (Å²) >= 11 is 0. The lowest BCUT2D eigenvalue weighted by Gasteiger charge is -2.25. The Bertz CT molecular complexity index is 969. The van der Waals surface area contributed by atoms with Crippen molar-refractivity contribution < 1.29 is 14.0 Å². The van der Waals surface area contributed by atoms with E-state index >= 15 is 0 Å². The molecule has 1 heterocycles. The van der Waals surface area contributed by atoms with Gasteiger partial charge in [0.25, 0.3) is 5.91 Å². The van der Waals surface area contributed by atoms with E-state index in [2.05, 4.69) is 16.7 Å². The number of allylic oxidation sites excluding steroid dienone is 1. The summed E-state index contributed by atoms with van der Waals surface area (Å²) in [6, 6.07) is 11.8. The maximum absolute atomic E-state index is 13.1. The van der Waals surface area contributed by atoms with Gasteiger partial charge in [-0.3, -0.25) is 4.79 Å². The van der Waals surface area contributed by atoms with Gasteiger partial charge in [0, 0.05) is 30.9 Å². The number of hydrogen-bond acceptors (Lipinski definition) is 2. The molecule has 1 unspecified atom stereocenters. The number of carbonyl (C=O) groups excluding carboxylic acids is 2. The molecule has 0 bridgehead atoms. The number of nitrogens with one attached hydrogen (secondary N) is 2. The van der Waals surface area contributed by atoms with Crippen molar-refractivity contribution in [1.29, 1.82) is 0 Å². The minimum absolute atomic E-state index is 0.0129. The molecule has 0 saturated carbocycles. The Morgan fingerprint density at radius 1 is 1.14 bits per heavy atom. The number of nitrogens with zero attached hydrogens (tertiary/aromatic N) is 1. The van der Waals surface area contributed by atoms with Gasteiger partial charge in [-0.05, 0) is 66.6 Å². The van der Waals surface area contributed by atoms with Crippen LogP contribution in [0.4, 0.5) is 14.9 Å². The normalized spacial score (nSPS) is 18.7. The molecule has 0 fully saturated rings. The van der Waals surface area contributed by atoms with Crippen LogP contribution < -0.4 is 10.6 Å². The molecule has 150 valence electrons. The number of amides is 3. The van der Waals surface area contributed by atoms with Gasteiger partial charge in [0.15, 0.2) is 0 Å². The van der Waals surface area contributed by atoms with Crippen LogP contribution >= 0.6 is 0 Å². The van der Waals surface area contributed by atoms with Crippen molar-refractivity contribution in [1.82, 2.24) is 10.2 Å². The molecule has 0 aromatic heterocycles. The lowest BCUT2D eigenvalue weighted by atomic mass is 9.91. The van der Waals surface area contributed by atoms with E-state index in [-0.39, 0.29) is 23.8 Å². The number of likely N-dealkylation sites (N-methyl/N-ethyl adjacent to an activating group) is 1. The van der Waals surface area contributed by atoms with Gasteiger partial charge in [0.05, 0.1) is 0 Å². The third-order valence-corrected chi connectivity index (χ3v) is 5.62. The third kappa shape index (κ3) is 4.31. The van der Waals surface area contributed by atoms with Crippen molar-refractivity contribution >= 4 is 23.2 Å². The third-order valence-electron chi connectivity index (χ3n) is 5.62. The number of benzene rings is 2. The van der Waals surface area contributed by atoms with Gasteiger partial charge in [-0.25, -0.2) is 9.18 Å². The first-order chi connectivity index (χ1) is 14.0. The number of urea groups is 1. The van der Waals surface area contributed by atoms with Crippen molar-refractivity contribution in [3.05, 3.63) is 71.0 Å². The van der Waals surface area contributed by atoms with Gasteiger partial charge in [-0.15, -0.1) is 0 Å². The average molecular weight is 393 g/mol. The average Bonchev–Trinajstić information content (AvgIpc) is 2.72. The van der Waals surface area contributed by atoms with Gasteiger partial charge in [0.1, 0.15) is 5.82 Å². The Hall–Kier alpha value is -3.15. The Balaban J connectivity index is 1.35. The minimum Gasteiger partial charge on any atom is -0.341 e. The minimum atomic E-state index is -0.273. The SMILES string of the molecule is CN1CCc2ccc(NC(=O)NC3CC=C(c4ccc(F)cc4)CC3)cc2C1=O. The van der Waals surface area contributed by atoms with Crippen LogP contribution in [0.5, 0.6) is 0 Å². The fourth-order valence-corrected chi connectivity index (χ4v) is 3.91. The van der Waals surface area contributed by atoms with E-state index < -0.39 is 0 Å². The molecule has 4 rings (SSSR count). The predicted octanol–water partition coefficient (Wildman–Crippen LogP) is 4.21. The molecule has 2 aliphatic rings. The van der Waals surface area contributed by atoms with Crippen LogP contribution in [-0.2, 0) is 6.42 Å². The molecule has 0 radical (unpaired) electrons. The molecule has 3 amide bonds. The zero-order valence-electron chi connectivity index (χ0n) is 16.4. The summed E-state index contributed by atoms with van der Waals surface area (Å²) in [6.45, 7) is 0.716. The van der Waals surface area contributed by atoms with Crippen LogP contribution in [0.2, 0.25) is 0 Å². The second kappa shape index (κ2) is 8.07. The second-order valence-corrected chi connectivity index (χ2v) is 7.65. The van der Waals surface area contributed by atoms with Crippen LogP contribution in [0.1, 0.15) is 40.7 Å². The highest BCUT2D eigenvalue weighted by Gasteiger charge is 2.22. The van der Waals surface area contributed by atoms with E-state index in [1.54, 1.807) is 30.1 Å². The fraction of sp³-hybridized carbons (Fsp3) is 0.304. The van der Waals surface area contributed by atoms with E-state index in [1.165, 1.54) is 17.7 Å². The molecule has 5 nitrogen and oxygen atoms in total. The van der Waals surface area contributed by atoms with E-state index in [0.29, 0.717) is 17.8 Å². The molecule has 0 saturated heterocycles. The summed E-state index contributed by atoms with van der Waals surface area (Å²) in [5.41, 5.74) is 4.49. The quantitative estimate of drug-likeness (QED) is 0.821. The summed E-state index contributed by atoms with van der Waals surface area (Å²) in [4.78, 5) is 26.4. The van der Waals surface area contributed by atoms with Crippen molar-refractivity contribution in [2.45, 2.75) is 31.7 Å². The van der Waals surface area contributed by atoms with Crippen LogP contribution in [-0.4, -0.2) is 36.5 Å². The van der Waals surface area contributed by atoms with Crippen LogP contribution in [0.3, 0.4) is 0 Å². The zero-order valence-corrected chi connectivity index (χ0v) is 16.4. The van der Waals surface area contributed by atoms with E-state index in [4.69, 9.17) is 0 Å². The Morgan fingerprint density at radius 3 is 2.66 bits per heavy atom. The van der Waals surface area contributed by atoms with Gasteiger partial charge >= 0.3 is 6.03 Å². The Kier molecular flexibility index (Phi) is 5.34. The van der Waals surface area contributed by atoms with Gasteiger partial charge in [0.2, 0.25) is 0 Å². The number of fused-ring (bicyclic) bond motifs is 1. The van der Waals surface area contributed by atoms with Gasteiger partial charge in [-0.2, -0.15) is 0 Å². The molecule has 2 aromatic carbocycles. The molecular weight excluding hydrogens is 369 g/mol. The van der Waals surface area contributed by atoms with Crippen LogP contribution in [0, 0.1) is 5.82 Å². The highest BCUT2D eigenvalue weighted by atomic mass is 19.1. The first-order valence-corrected chi connectivity index (χ1v) is 9.90. The van der Waals surface area contributed by atoms with Crippen molar-refractivity contribution in [2.75, 3.05) is 18.9 Å². The smallest absolute Gasteiger partial charge is 0.319 e. The molecule has 6 heteroatoms. The lowest BCUT2D eigenvalue weighted by Crippen LogP contribution is -2.38. The molecule has 29 heavy (non-hydrogen) atoms. The summed E-state index contributed by atoms with van der Waals surface area (Å²) in [5, 5.41) is 5.84. The van der Waals surface area contributed by atoms with Crippen LogP contribution in [0.15, 0.2) is 48.5 Å². The largest absolute Gasteiger partial charge is 0.341 e. The molecule has 1 aliphatic heterocycles. The highest BCUT2D eigenvalue weighted by molar-refractivity contribution is 5.99. The maximum Gasteiger partial charge on any atom is 0.319 e. The van der Waals surface area contributed by atoms with Crippen molar-refractivity contribution in [3.8, 4) is 0 Å². The first kappa shape index (κ1) is 19.2. The number of rotatable bonds is 3. The molecule has 2 aromatic rings. The summed E-state index contributed by atoms with van der Waals surface area (Å²) < 4.78 is 13.1. The Labute approximate surface area is 169 Å². The number of halogens is 1. The van der Waals surface area contributed by atoms with E-state index in [1.807, 2.05) is 12.1 Å². The topological polar surface area (TPSA) is 61.4 Å². The maximum atomic E-state index is 13.1. The molecule has 1 aliphatic carbocycles. The van der Waals surface area contributed by atoms with Gasteiger partial charge < -0.3 is 15.5 Å². The van der Waals surface area contributed by atoms with Gasteiger partial charge in [-0.1, -0.05) is 24.3 Å². The Morgan fingerprint density at radius 2 is 1.93 bits per heavy atom. The monoisotopic (exact) mass is 393 g/mol. The summed E-state index contributed by atoms with van der Waals surface area (Å²) in [7, 11) is 1.79. The molecule has 0 spiro atoms. The predicted molar refractivity (Wildman–Crippen MR) is 111 cm³/mol. The standard InChI is InChI=1S/C23H24FN3O2/c1-27-13-12-17-6-11-20(14-21(17)22(27)28)26-23(29)25-19-9-4-16(5-10-19)15-2-7-18(24)8-3-15/h2-4,6-8,11,14,19H,5,9-10,12-13H2,1H3,(H2,25,26,29). The molecule has 2 N–H and O–H groups in total. The molecule has 1 atom stereocenters. The highest BCUT2D eigenvalue weighted by Crippen LogP contribution is 2.27. The number of hydrogen-bond donors (Lipinski definition) is 2. The zero-order chi connectivity index (χ0) is 20.4. The molecular formula is C23H24FN3O2. The first-order valence-electron chi connectivity index (χ1n) is 9.90. The summed E-state index contributed by atoms with van der Waals surface area (Å²) in [6.07, 6.45) is 5.32. The van der Waals surface area contributed by atoms with Crippen molar-refractivity contribution in [2.24, 2.45) is 0 Å². The fourth-order valence-electron chi connectivity index (χ4n) is 3.91. The second-order valence-electron chi connectivity index (χ2n) is 7.65. The van der Waals surface area contributed by atoms with E-state index in [0.717, 1.165) is 36.8 Å². The number of anilines is 1. The van der Waals surface area contributed by atoms with Crippen molar-refractivity contribution in [3.63, 3.8) is 0 Å². The lowest BCUT2D eigenvalue weighted by molar-refractivity contribution is 0.0781. The van der Waals surface area contributed by atoms with E-state index in [9.17, 15) is 14.0 Å².